The second-order valence-corrected chi connectivity index (χ2v) is 4.84. The molecule has 0 spiro atoms. The molecule has 0 radical (unpaired) electrons. The number of thioether (sulfide) groups is 1. The smallest absolute Gasteiger partial charge is 0.346 e. The molecule has 2 aromatic heterocycles. The molecule has 0 saturated carbocycles. The van der Waals surface area contributed by atoms with Crippen LogP contribution in [0.15, 0.2) is 24.5 Å². The molecule has 0 bridgehead atoms. The standard InChI is InChI=1S/C11H12F3N3S/c12-11(13,14)18-5-4-15-6-8-7-17-10-9(8)2-1-3-16-10/h1-3,7,15H,4-6H2,(H,16,17). The number of alkyl halides is 3. The molecule has 2 heterocycles. The molecule has 2 aromatic rings. The van der Waals surface area contributed by atoms with Gasteiger partial charge in [0.15, 0.2) is 0 Å². The molecule has 0 aromatic carbocycles. The van der Waals surface area contributed by atoms with Crippen LogP contribution in [0.2, 0.25) is 0 Å². The Labute approximate surface area is 106 Å². The molecule has 3 nitrogen and oxygen atoms in total. The topological polar surface area (TPSA) is 40.7 Å². The lowest BCUT2D eigenvalue weighted by Gasteiger charge is -2.06. The monoisotopic (exact) mass is 275 g/mol. The Morgan fingerprint density at radius 2 is 2.22 bits per heavy atom. The van der Waals surface area contributed by atoms with Crippen molar-refractivity contribution in [3.05, 3.63) is 30.1 Å². The van der Waals surface area contributed by atoms with Crippen molar-refractivity contribution in [3.63, 3.8) is 0 Å². The number of aromatic amines is 1. The Morgan fingerprint density at radius 1 is 1.39 bits per heavy atom. The molecule has 0 fully saturated rings. The molecule has 0 unspecified atom stereocenters. The van der Waals surface area contributed by atoms with Crippen LogP contribution < -0.4 is 5.32 Å². The quantitative estimate of drug-likeness (QED) is 0.824. The van der Waals surface area contributed by atoms with Gasteiger partial charge in [-0.15, -0.1) is 0 Å². The summed E-state index contributed by atoms with van der Waals surface area (Å²) in [6.07, 6.45) is 3.51. The van der Waals surface area contributed by atoms with Crippen molar-refractivity contribution in [2.24, 2.45) is 0 Å². The highest BCUT2D eigenvalue weighted by Gasteiger charge is 2.27. The number of fused-ring (bicyclic) bond motifs is 1. The summed E-state index contributed by atoms with van der Waals surface area (Å²) in [7, 11) is 0. The summed E-state index contributed by atoms with van der Waals surface area (Å²) in [6.45, 7) is 0.848. The van der Waals surface area contributed by atoms with Crippen LogP contribution >= 0.6 is 11.8 Å². The van der Waals surface area contributed by atoms with E-state index in [4.69, 9.17) is 0 Å². The van der Waals surface area contributed by atoms with Crippen LogP contribution in [0.25, 0.3) is 11.0 Å². The van der Waals surface area contributed by atoms with Crippen molar-refractivity contribution in [2.45, 2.75) is 12.1 Å². The number of rotatable bonds is 5. The van der Waals surface area contributed by atoms with Gasteiger partial charge in [0, 0.05) is 36.6 Å². The molecule has 0 atom stereocenters. The lowest BCUT2D eigenvalue weighted by molar-refractivity contribution is -0.0327. The second-order valence-electron chi connectivity index (χ2n) is 3.68. The van der Waals surface area contributed by atoms with Crippen molar-refractivity contribution in [3.8, 4) is 0 Å². The van der Waals surface area contributed by atoms with Gasteiger partial charge in [-0.3, -0.25) is 0 Å². The normalized spacial score (nSPS) is 12.2. The fraction of sp³-hybridized carbons (Fsp3) is 0.364. The predicted molar refractivity (Wildman–Crippen MR) is 66.3 cm³/mol. The molecule has 0 aliphatic carbocycles. The van der Waals surface area contributed by atoms with Gasteiger partial charge in [-0.2, -0.15) is 13.2 Å². The van der Waals surface area contributed by atoms with Crippen LogP contribution in [-0.4, -0.2) is 27.8 Å². The largest absolute Gasteiger partial charge is 0.441 e. The first-order chi connectivity index (χ1) is 8.56. The number of hydrogen-bond donors (Lipinski definition) is 2. The average molecular weight is 275 g/mol. The predicted octanol–water partition coefficient (Wildman–Crippen LogP) is 2.91. The molecular weight excluding hydrogens is 263 g/mol. The molecule has 2 rings (SSSR count). The van der Waals surface area contributed by atoms with Crippen LogP contribution in [0, 0.1) is 0 Å². The molecule has 7 heteroatoms. The molecule has 0 amide bonds. The Hall–Kier alpha value is -1.21. The highest BCUT2D eigenvalue weighted by atomic mass is 32.2. The van der Waals surface area contributed by atoms with Gasteiger partial charge in [0.25, 0.3) is 0 Å². The SMILES string of the molecule is FC(F)(F)SCCNCc1c[nH]c2ncccc12. The summed E-state index contributed by atoms with van der Waals surface area (Å²) in [6, 6.07) is 3.76. The van der Waals surface area contributed by atoms with Crippen molar-refractivity contribution in [1.82, 2.24) is 15.3 Å². The minimum atomic E-state index is -4.15. The first-order valence-corrected chi connectivity index (χ1v) is 6.37. The van der Waals surface area contributed by atoms with Gasteiger partial charge in [-0.05, 0) is 29.5 Å². The fourth-order valence-corrected chi connectivity index (χ4v) is 2.10. The van der Waals surface area contributed by atoms with Crippen LogP contribution in [-0.2, 0) is 6.54 Å². The van der Waals surface area contributed by atoms with Gasteiger partial charge in [0.1, 0.15) is 5.65 Å². The van der Waals surface area contributed by atoms with Crippen LogP contribution in [0.1, 0.15) is 5.56 Å². The number of halogens is 3. The Morgan fingerprint density at radius 3 is 3.00 bits per heavy atom. The summed E-state index contributed by atoms with van der Waals surface area (Å²) in [5.41, 5.74) is -2.35. The van der Waals surface area contributed by atoms with Gasteiger partial charge in [0.05, 0.1) is 0 Å². The number of nitrogens with zero attached hydrogens (tertiary/aromatic N) is 1. The third-order valence-corrected chi connectivity index (χ3v) is 3.13. The molecule has 98 valence electrons. The lowest BCUT2D eigenvalue weighted by atomic mass is 10.2. The molecule has 0 aliphatic heterocycles. The summed E-state index contributed by atoms with van der Waals surface area (Å²) < 4.78 is 35.7. The number of aromatic nitrogens is 2. The van der Waals surface area contributed by atoms with E-state index < -0.39 is 5.51 Å². The first-order valence-electron chi connectivity index (χ1n) is 5.38. The molecule has 0 aliphatic rings. The van der Waals surface area contributed by atoms with E-state index in [-0.39, 0.29) is 17.5 Å². The fourth-order valence-electron chi connectivity index (χ4n) is 1.62. The van der Waals surface area contributed by atoms with Crippen molar-refractivity contribution in [2.75, 3.05) is 12.3 Å². The third-order valence-electron chi connectivity index (χ3n) is 2.40. The summed E-state index contributed by atoms with van der Waals surface area (Å²) in [5.74, 6) is 0.0180. The average Bonchev–Trinajstić information content (AvgIpc) is 2.71. The summed E-state index contributed by atoms with van der Waals surface area (Å²) in [4.78, 5) is 7.16. The number of H-pyrrole nitrogens is 1. The maximum atomic E-state index is 11.9. The Kier molecular flexibility index (Phi) is 4.13. The van der Waals surface area contributed by atoms with Crippen LogP contribution in [0.5, 0.6) is 0 Å². The van der Waals surface area contributed by atoms with E-state index in [2.05, 4.69) is 15.3 Å². The highest BCUT2D eigenvalue weighted by molar-refractivity contribution is 8.00. The van der Waals surface area contributed by atoms with Gasteiger partial charge >= 0.3 is 5.51 Å². The van der Waals surface area contributed by atoms with Gasteiger partial charge in [-0.1, -0.05) is 0 Å². The van der Waals surface area contributed by atoms with Crippen molar-refractivity contribution < 1.29 is 13.2 Å². The molecule has 18 heavy (non-hydrogen) atoms. The number of nitrogens with one attached hydrogen (secondary N) is 2. The number of pyridine rings is 1. The molecular formula is C11H12F3N3S. The lowest BCUT2D eigenvalue weighted by Crippen LogP contribution is -2.18. The maximum absolute atomic E-state index is 11.9. The van der Waals surface area contributed by atoms with E-state index in [1.807, 2.05) is 18.3 Å². The molecule has 0 saturated heterocycles. The van der Waals surface area contributed by atoms with E-state index >= 15 is 0 Å². The van der Waals surface area contributed by atoms with Crippen molar-refractivity contribution in [1.29, 1.82) is 0 Å². The number of hydrogen-bond acceptors (Lipinski definition) is 3. The van der Waals surface area contributed by atoms with E-state index in [1.54, 1.807) is 6.20 Å². The van der Waals surface area contributed by atoms with E-state index in [0.717, 1.165) is 16.6 Å². The van der Waals surface area contributed by atoms with Gasteiger partial charge in [-0.25, -0.2) is 4.98 Å². The van der Waals surface area contributed by atoms with E-state index in [9.17, 15) is 13.2 Å². The molecule has 2 N–H and O–H groups in total. The summed E-state index contributed by atoms with van der Waals surface area (Å²) >= 11 is -0.00827. The van der Waals surface area contributed by atoms with E-state index in [1.165, 1.54) is 0 Å². The second kappa shape index (κ2) is 5.62. The van der Waals surface area contributed by atoms with Crippen LogP contribution in [0.4, 0.5) is 13.2 Å². The van der Waals surface area contributed by atoms with Crippen molar-refractivity contribution >= 4 is 22.8 Å². The van der Waals surface area contributed by atoms with E-state index in [0.29, 0.717) is 13.1 Å². The minimum Gasteiger partial charge on any atom is -0.346 e. The summed E-state index contributed by atoms with van der Waals surface area (Å²) in [5, 5.41) is 3.98. The Balaban J connectivity index is 1.80. The maximum Gasteiger partial charge on any atom is 0.441 e. The highest BCUT2D eigenvalue weighted by Crippen LogP contribution is 2.29. The zero-order chi connectivity index (χ0) is 13.0. The van der Waals surface area contributed by atoms with Gasteiger partial charge < -0.3 is 10.3 Å². The third kappa shape index (κ3) is 3.64. The van der Waals surface area contributed by atoms with Crippen LogP contribution in [0.3, 0.4) is 0 Å². The van der Waals surface area contributed by atoms with Gasteiger partial charge in [0.2, 0.25) is 0 Å². The minimum absolute atomic E-state index is 0.00827. The zero-order valence-electron chi connectivity index (χ0n) is 9.42. The first kappa shape index (κ1) is 13.2. The Bertz CT molecular complexity index is 509. The zero-order valence-corrected chi connectivity index (χ0v) is 10.2.